The number of benzene rings is 1. The van der Waals surface area contributed by atoms with Crippen LogP contribution in [-0.4, -0.2) is 27.7 Å². The van der Waals surface area contributed by atoms with Crippen LogP contribution >= 0.6 is 0 Å². The highest BCUT2D eigenvalue weighted by Gasteiger charge is 2.26. The molecule has 0 bridgehead atoms. The summed E-state index contributed by atoms with van der Waals surface area (Å²) in [4.78, 5) is 23.2. The molecule has 0 aliphatic carbocycles. The van der Waals surface area contributed by atoms with E-state index in [-0.39, 0.29) is 23.5 Å². The summed E-state index contributed by atoms with van der Waals surface area (Å²) < 4.78 is 6.18. The number of nitro groups is 1. The molecule has 0 spiro atoms. The Labute approximate surface area is 165 Å². The van der Waals surface area contributed by atoms with Gasteiger partial charge in [0.25, 0.3) is 0 Å². The van der Waals surface area contributed by atoms with Crippen LogP contribution in [0.1, 0.15) is 69.7 Å². The summed E-state index contributed by atoms with van der Waals surface area (Å²) in [7, 11) is 1.31. The van der Waals surface area contributed by atoms with Gasteiger partial charge in [-0.15, -0.1) is 5.10 Å². The Morgan fingerprint density at radius 3 is 2.29 bits per heavy atom. The Morgan fingerprint density at radius 1 is 1.21 bits per heavy atom. The first-order chi connectivity index (χ1) is 13.3. The summed E-state index contributed by atoms with van der Waals surface area (Å²) in [5.41, 5.74) is 2.03. The zero-order chi connectivity index (χ0) is 20.8. The Morgan fingerprint density at radius 2 is 1.82 bits per heavy atom. The molecule has 0 saturated carbocycles. The molecule has 1 amide bonds. The van der Waals surface area contributed by atoms with Gasteiger partial charge in [-0.25, -0.2) is 4.68 Å². The van der Waals surface area contributed by atoms with Crippen LogP contribution in [0.25, 0.3) is 0 Å². The molecule has 152 valence electrons. The maximum absolute atomic E-state index is 12.7. The van der Waals surface area contributed by atoms with Gasteiger partial charge < -0.3 is 10.1 Å². The molecular weight excluding hydrogens is 360 g/mol. The quantitative estimate of drug-likeness (QED) is 0.514. The van der Waals surface area contributed by atoms with Crippen LogP contribution in [0.2, 0.25) is 0 Å². The Bertz CT molecular complexity index is 816. The van der Waals surface area contributed by atoms with Crippen molar-refractivity contribution in [2.45, 2.75) is 58.5 Å². The number of carbonyl (C=O) groups is 1. The van der Waals surface area contributed by atoms with Crippen molar-refractivity contribution in [2.24, 2.45) is 0 Å². The van der Waals surface area contributed by atoms with Crippen LogP contribution < -0.4 is 10.1 Å². The highest BCUT2D eigenvalue weighted by molar-refractivity contribution is 5.80. The zero-order valence-corrected chi connectivity index (χ0v) is 17.0. The van der Waals surface area contributed by atoms with Gasteiger partial charge in [-0.1, -0.05) is 45.0 Å². The van der Waals surface area contributed by atoms with E-state index < -0.39 is 11.0 Å². The molecule has 8 heteroatoms. The largest absolute Gasteiger partial charge is 0.475 e. The highest BCUT2D eigenvalue weighted by atomic mass is 16.6. The summed E-state index contributed by atoms with van der Waals surface area (Å²) in [6.45, 7) is 7.99. The van der Waals surface area contributed by atoms with E-state index >= 15 is 0 Å². The average Bonchev–Trinajstić information content (AvgIpc) is 3.15. The number of ether oxygens (including phenoxy) is 1. The molecule has 1 N–H and O–H groups in total. The molecule has 2 rings (SSSR count). The minimum Gasteiger partial charge on any atom is -0.475 e. The van der Waals surface area contributed by atoms with Gasteiger partial charge >= 0.3 is 11.6 Å². The Balaban J connectivity index is 2.14. The summed E-state index contributed by atoms with van der Waals surface area (Å²) in [5, 5.41) is 18.1. The van der Waals surface area contributed by atoms with E-state index in [0.717, 1.165) is 18.4 Å². The van der Waals surface area contributed by atoms with E-state index in [2.05, 4.69) is 36.4 Å². The minimum atomic E-state index is -0.712. The molecular formula is C20H28N4O4. The molecule has 1 heterocycles. The molecule has 2 aromatic rings. The van der Waals surface area contributed by atoms with Crippen LogP contribution in [-0.2, 0) is 4.79 Å². The first kappa shape index (κ1) is 21.4. The zero-order valence-electron chi connectivity index (χ0n) is 17.0. The summed E-state index contributed by atoms with van der Waals surface area (Å²) >= 11 is 0. The second-order valence-corrected chi connectivity index (χ2v) is 6.88. The second-order valence-electron chi connectivity index (χ2n) is 6.88. The summed E-state index contributed by atoms with van der Waals surface area (Å²) in [6.07, 6.45) is 3.01. The number of methoxy groups -OCH3 is 1. The number of hydrogen-bond donors (Lipinski definition) is 1. The number of amides is 1. The Hall–Kier alpha value is -2.90. The van der Waals surface area contributed by atoms with Gasteiger partial charge in [-0.3, -0.25) is 14.9 Å². The second kappa shape index (κ2) is 9.34. The van der Waals surface area contributed by atoms with Gasteiger partial charge in [0.1, 0.15) is 12.2 Å². The topological polar surface area (TPSA) is 99.3 Å². The van der Waals surface area contributed by atoms with Crippen molar-refractivity contribution < 1.29 is 14.5 Å². The van der Waals surface area contributed by atoms with Crippen molar-refractivity contribution in [3.05, 3.63) is 51.7 Å². The van der Waals surface area contributed by atoms with Crippen molar-refractivity contribution in [2.75, 3.05) is 7.11 Å². The van der Waals surface area contributed by atoms with Crippen molar-refractivity contribution in [3.8, 4) is 5.88 Å². The monoisotopic (exact) mass is 388 g/mol. The van der Waals surface area contributed by atoms with Crippen LogP contribution in [0, 0.1) is 10.1 Å². The fourth-order valence-electron chi connectivity index (χ4n) is 2.96. The molecule has 0 radical (unpaired) electrons. The van der Waals surface area contributed by atoms with Gasteiger partial charge in [-0.05, 0) is 36.8 Å². The van der Waals surface area contributed by atoms with Crippen LogP contribution in [0.15, 0.2) is 30.5 Å². The van der Waals surface area contributed by atoms with E-state index in [1.807, 2.05) is 19.1 Å². The van der Waals surface area contributed by atoms with Gasteiger partial charge in [-0.2, -0.15) is 0 Å². The third kappa shape index (κ3) is 4.68. The van der Waals surface area contributed by atoms with E-state index in [1.165, 1.54) is 23.6 Å². The lowest BCUT2D eigenvalue weighted by Gasteiger charge is -2.21. The SMILES string of the molecule is CCC(C)c1ccc(C(CC)NC(=O)C(C)n2cc([N+](=O)[O-])c(OC)n2)cc1. The first-order valence-corrected chi connectivity index (χ1v) is 9.50. The normalized spacial score (nSPS) is 14.2. The van der Waals surface area contributed by atoms with Crippen molar-refractivity contribution in [3.63, 3.8) is 0 Å². The third-order valence-corrected chi connectivity index (χ3v) is 5.09. The van der Waals surface area contributed by atoms with Crippen molar-refractivity contribution in [1.29, 1.82) is 0 Å². The van der Waals surface area contributed by atoms with Crippen molar-refractivity contribution >= 4 is 11.6 Å². The van der Waals surface area contributed by atoms with Crippen molar-refractivity contribution in [1.82, 2.24) is 15.1 Å². The minimum absolute atomic E-state index is 0.114. The Kier molecular flexibility index (Phi) is 7.14. The lowest BCUT2D eigenvalue weighted by atomic mass is 9.95. The fraction of sp³-hybridized carbons (Fsp3) is 0.500. The summed E-state index contributed by atoms with van der Waals surface area (Å²) in [5.74, 6) is 0.115. The number of hydrogen-bond acceptors (Lipinski definition) is 5. The number of aromatic nitrogens is 2. The van der Waals surface area contributed by atoms with Crippen LogP contribution in [0.5, 0.6) is 5.88 Å². The van der Waals surface area contributed by atoms with Gasteiger partial charge in [0, 0.05) is 0 Å². The van der Waals surface area contributed by atoms with E-state index in [1.54, 1.807) is 6.92 Å². The van der Waals surface area contributed by atoms with Gasteiger partial charge in [0.05, 0.1) is 18.1 Å². The molecule has 0 saturated heterocycles. The predicted molar refractivity (Wildman–Crippen MR) is 106 cm³/mol. The number of carbonyl (C=O) groups excluding carboxylic acids is 1. The average molecular weight is 388 g/mol. The molecule has 28 heavy (non-hydrogen) atoms. The molecule has 1 aromatic carbocycles. The molecule has 3 atom stereocenters. The van der Waals surface area contributed by atoms with E-state index in [4.69, 9.17) is 4.74 Å². The maximum Gasteiger partial charge on any atom is 0.350 e. The molecule has 0 aliphatic heterocycles. The molecule has 1 aromatic heterocycles. The first-order valence-electron chi connectivity index (χ1n) is 9.50. The van der Waals surface area contributed by atoms with Crippen LogP contribution in [0.3, 0.4) is 0 Å². The van der Waals surface area contributed by atoms with Gasteiger partial charge in [0.15, 0.2) is 0 Å². The number of nitrogens with zero attached hydrogens (tertiary/aromatic N) is 3. The van der Waals surface area contributed by atoms with E-state index in [9.17, 15) is 14.9 Å². The lowest BCUT2D eigenvalue weighted by molar-refractivity contribution is -0.385. The lowest BCUT2D eigenvalue weighted by Crippen LogP contribution is -2.34. The molecule has 0 aliphatic rings. The molecule has 8 nitrogen and oxygen atoms in total. The number of rotatable bonds is 9. The van der Waals surface area contributed by atoms with E-state index in [0.29, 0.717) is 5.92 Å². The third-order valence-electron chi connectivity index (χ3n) is 5.09. The van der Waals surface area contributed by atoms with Gasteiger partial charge in [0.2, 0.25) is 5.91 Å². The van der Waals surface area contributed by atoms with Crippen LogP contribution in [0.4, 0.5) is 5.69 Å². The maximum atomic E-state index is 12.7. The molecule has 3 unspecified atom stereocenters. The smallest absolute Gasteiger partial charge is 0.350 e. The number of nitrogens with one attached hydrogen (secondary N) is 1. The molecule has 0 fully saturated rings. The standard InChI is InChI=1S/C20H28N4O4/c1-6-13(3)15-8-10-16(11-9-15)17(7-2)21-19(25)14(4)23-12-18(24(26)27)20(22-23)28-5/h8-14,17H,6-7H2,1-5H3,(H,21,25). The highest BCUT2D eigenvalue weighted by Crippen LogP contribution is 2.27. The summed E-state index contributed by atoms with van der Waals surface area (Å²) in [6, 6.07) is 7.43. The fourth-order valence-corrected chi connectivity index (χ4v) is 2.96. The predicted octanol–water partition coefficient (Wildman–Crippen LogP) is 4.14.